The van der Waals surface area contributed by atoms with Gasteiger partial charge in [-0.1, -0.05) is 19.1 Å². The minimum Gasteiger partial charge on any atom is -0.331 e. The van der Waals surface area contributed by atoms with E-state index in [0.717, 1.165) is 13.2 Å². The van der Waals surface area contributed by atoms with Crippen LogP contribution in [-0.4, -0.2) is 15.9 Å². The smallest absolute Gasteiger partial charge is 0.130 e. The standard InChI is InChI=1S/C7H6N2.C2H7N/c1-2-4-7-6(3-1)8-5-9(7)8;1-2-3/h1-4H,5H2;2-3H2,1H3. The Morgan fingerprint density at radius 1 is 1.25 bits per heavy atom. The topological polar surface area (TPSA) is 35.9 Å². The highest BCUT2D eigenvalue weighted by atomic mass is 15.6. The van der Waals surface area contributed by atoms with Gasteiger partial charge in [-0.05, 0) is 18.7 Å². The van der Waals surface area contributed by atoms with E-state index >= 15 is 0 Å². The van der Waals surface area contributed by atoms with Gasteiger partial charge in [0.05, 0.1) is 11.0 Å². The summed E-state index contributed by atoms with van der Waals surface area (Å²) in [5.74, 6) is 0. The Bertz CT molecular complexity index is 348. The molecular weight excluding hydrogens is 150 g/mol. The van der Waals surface area contributed by atoms with Crippen LogP contribution in [0.2, 0.25) is 0 Å². The summed E-state index contributed by atoms with van der Waals surface area (Å²) >= 11 is 0. The molecule has 0 bridgehead atoms. The lowest BCUT2D eigenvalue weighted by molar-refractivity contribution is 1.07. The molecule has 2 heterocycles. The van der Waals surface area contributed by atoms with Crippen LogP contribution in [0, 0.1) is 0 Å². The summed E-state index contributed by atoms with van der Waals surface area (Å²) in [5, 5.41) is 0. The van der Waals surface area contributed by atoms with E-state index in [0.29, 0.717) is 0 Å². The first kappa shape index (κ1) is 7.43. The van der Waals surface area contributed by atoms with Crippen LogP contribution in [-0.2, 0) is 6.67 Å². The predicted molar refractivity (Wildman–Crippen MR) is 50.1 cm³/mol. The van der Waals surface area contributed by atoms with Crippen LogP contribution in [0.4, 0.5) is 0 Å². The first-order chi connectivity index (χ1) is 5.88. The zero-order valence-electron chi connectivity index (χ0n) is 7.20. The van der Waals surface area contributed by atoms with Gasteiger partial charge >= 0.3 is 0 Å². The third kappa shape index (κ3) is 0.940. The van der Waals surface area contributed by atoms with Crippen LogP contribution in [0.15, 0.2) is 24.3 Å². The molecule has 0 fully saturated rings. The van der Waals surface area contributed by atoms with E-state index in [1.54, 1.807) is 0 Å². The summed E-state index contributed by atoms with van der Waals surface area (Å²) in [7, 11) is 0. The second kappa shape index (κ2) is 2.68. The van der Waals surface area contributed by atoms with Crippen LogP contribution in [0.3, 0.4) is 0 Å². The van der Waals surface area contributed by atoms with Gasteiger partial charge in [0.2, 0.25) is 0 Å². The van der Waals surface area contributed by atoms with Gasteiger partial charge in [-0.3, -0.25) is 9.36 Å². The summed E-state index contributed by atoms with van der Waals surface area (Å²) in [6.45, 7) is 3.76. The molecule has 1 aromatic heterocycles. The van der Waals surface area contributed by atoms with Gasteiger partial charge in [0, 0.05) is 0 Å². The minimum atomic E-state index is 0.750. The number of fused-ring (bicyclic) bond motifs is 4. The Hall–Kier alpha value is -1.22. The Kier molecular flexibility index (Phi) is 1.66. The van der Waals surface area contributed by atoms with Gasteiger partial charge < -0.3 is 5.73 Å². The van der Waals surface area contributed by atoms with Crippen LogP contribution in [0.25, 0.3) is 11.0 Å². The molecule has 3 nitrogen and oxygen atoms in total. The fourth-order valence-electron chi connectivity index (χ4n) is 1.37. The Labute approximate surface area is 71.4 Å². The van der Waals surface area contributed by atoms with Crippen LogP contribution in [0.5, 0.6) is 0 Å². The number of hydrogen-bond donors (Lipinski definition) is 1. The van der Waals surface area contributed by atoms with E-state index in [2.05, 4.69) is 33.6 Å². The third-order valence-electron chi connectivity index (χ3n) is 1.91. The van der Waals surface area contributed by atoms with E-state index in [-0.39, 0.29) is 0 Å². The maximum atomic E-state index is 4.85. The summed E-state index contributed by atoms with van der Waals surface area (Å²) in [6, 6.07) is 8.46. The van der Waals surface area contributed by atoms with Gasteiger partial charge in [0.1, 0.15) is 6.67 Å². The van der Waals surface area contributed by atoms with Crippen LogP contribution >= 0.6 is 0 Å². The second-order valence-electron chi connectivity index (χ2n) is 2.84. The van der Waals surface area contributed by atoms with Gasteiger partial charge in [0.25, 0.3) is 0 Å². The number of benzene rings is 1. The van der Waals surface area contributed by atoms with Crippen molar-refractivity contribution in [2.75, 3.05) is 6.54 Å². The van der Waals surface area contributed by atoms with E-state index in [1.807, 2.05) is 6.92 Å². The highest BCUT2D eigenvalue weighted by Gasteiger charge is 2.22. The molecule has 0 amide bonds. The fourth-order valence-corrected chi connectivity index (χ4v) is 1.37. The number of hydrogen-bond acceptors (Lipinski definition) is 1. The van der Waals surface area contributed by atoms with Crippen molar-refractivity contribution in [3.8, 4) is 0 Å². The molecule has 1 aliphatic heterocycles. The second-order valence-corrected chi connectivity index (χ2v) is 2.84. The van der Waals surface area contributed by atoms with Crippen molar-refractivity contribution in [1.82, 2.24) is 9.36 Å². The first-order valence-electron chi connectivity index (χ1n) is 4.22. The lowest BCUT2D eigenvalue weighted by atomic mass is 10.3. The monoisotopic (exact) mass is 163 g/mol. The molecule has 3 heteroatoms. The van der Waals surface area contributed by atoms with E-state index < -0.39 is 0 Å². The van der Waals surface area contributed by atoms with Gasteiger partial charge in [-0.15, -0.1) is 0 Å². The van der Waals surface area contributed by atoms with Crippen molar-refractivity contribution in [2.45, 2.75) is 13.6 Å². The molecule has 0 spiro atoms. The van der Waals surface area contributed by atoms with Crippen molar-refractivity contribution in [3.05, 3.63) is 24.3 Å². The molecule has 0 saturated carbocycles. The van der Waals surface area contributed by atoms with Gasteiger partial charge in [0.15, 0.2) is 0 Å². The molecule has 1 aliphatic rings. The number of nitrogens with zero attached hydrogens (tertiary/aromatic N) is 2. The zero-order valence-corrected chi connectivity index (χ0v) is 7.20. The van der Waals surface area contributed by atoms with E-state index in [9.17, 15) is 0 Å². The minimum absolute atomic E-state index is 0.750. The van der Waals surface area contributed by atoms with Crippen molar-refractivity contribution in [2.24, 2.45) is 5.73 Å². The maximum absolute atomic E-state index is 4.85. The molecule has 1 aromatic carbocycles. The number of nitrogens with two attached hydrogens (primary N) is 1. The Morgan fingerprint density at radius 2 is 1.67 bits per heavy atom. The average Bonchev–Trinajstić information content (AvgIpc) is 2.76. The lowest BCUT2D eigenvalue weighted by Gasteiger charge is -1.97. The SMILES string of the molecule is CCN.c1ccc2c(c1)n1n2C1. The van der Waals surface area contributed by atoms with Crippen LogP contribution in [0.1, 0.15) is 6.92 Å². The molecule has 0 radical (unpaired) electrons. The van der Waals surface area contributed by atoms with Crippen molar-refractivity contribution in [1.29, 1.82) is 0 Å². The Morgan fingerprint density at radius 3 is 2.08 bits per heavy atom. The largest absolute Gasteiger partial charge is 0.331 e. The first-order valence-corrected chi connectivity index (χ1v) is 4.22. The number of aromatic nitrogens is 2. The highest BCUT2D eigenvalue weighted by molar-refractivity contribution is 5.80. The zero-order chi connectivity index (χ0) is 8.55. The molecular formula is C9H13N3. The molecule has 3 rings (SSSR count). The molecule has 64 valence electrons. The normalized spacial score (nSPS) is 12.2. The molecule has 0 unspecified atom stereocenters. The quantitative estimate of drug-likeness (QED) is 0.531. The summed E-state index contributed by atoms with van der Waals surface area (Å²) in [6.07, 6.45) is 0. The van der Waals surface area contributed by atoms with Gasteiger partial charge in [-0.25, -0.2) is 0 Å². The number of rotatable bonds is 0. The molecule has 2 N–H and O–H groups in total. The van der Waals surface area contributed by atoms with Gasteiger partial charge in [-0.2, -0.15) is 0 Å². The molecule has 0 atom stereocenters. The number of para-hydroxylation sites is 2. The van der Waals surface area contributed by atoms with Crippen molar-refractivity contribution < 1.29 is 0 Å². The highest BCUT2D eigenvalue weighted by Crippen LogP contribution is 2.27. The third-order valence-corrected chi connectivity index (χ3v) is 1.91. The summed E-state index contributed by atoms with van der Waals surface area (Å²) in [5.41, 5.74) is 7.62. The Balaban J connectivity index is 0.000000169. The molecule has 0 saturated heterocycles. The summed E-state index contributed by atoms with van der Waals surface area (Å²) in [4.78, 5) is 0. The molecule has 12 heavy (non-hydrogen) atoms. The van der Waals surface area contributed by atoms with E-state index in [4.69, 9.17) is 5.73 Å². The molecule has 0 aliphatic carbocycles. The molecule has 2 aromatic rings. The fraction of sp³-hybridized carbons (Fsp3) is 0.333. The average molecular weight is 163 g/mol. The summed E-state index contributed by atoms with van der Waals surface area (Å²) < 4.78 is 4.49. The predicted octanol–water partition coefficient (Wildman–Crippen LogP) is 1.23. The van der Waals surface area contributed by atoms with Crippen LogP contribution < -0.4 is 5.73 Å². The lowest BCUT2D eigenvalue weighted by Crippen LogP contribution is -1.87. The van der Waals surface area contributed by atoms with Crippen molar-refractivity contribution >= 4 is 11.0 Å². The van der Waals surface area contributed by atoms with E-state index in [1.165, 1.54) is 11.0 Å². The maximum Gasteiger partial charge on any atom is 0.130 e. The van der Waals surface area contributed by atoms with Crippen molar-refractivity contribution in [3.63, 3.8) is 0 Å².